The van der Waals surface area contributed by atoms with Gasteiger partial charge in [0.25, 0.3) is 0 Å². The second kappa shape index (κ2) is 10.9. The first-order valence-electron chi connectivity index (χ1n) is 13.0. The van der Waals surface area contributed by atoms with Crippen LogP contribution in [0, 0.1) is 40.6 Å². The molecular formula is C31H16N6O2S6. The molecule has 0 spiro atoms. The van der Waals surface area contributed by atoms with Crippen LogP contribution in [0.25, 0.3) is 52.9 Å². The van der Waals surface area contributed by atoms with Gasteiger partial charge >= 0.3 is 5.84 Å². The van der Waals surface area contributed by atoms with Gasteiger partial charge in [-0.25, -0.2) is 10.3 Å². The predicted octanol–water partition coefficient (Wildman–Crippen LogP) is 10.6. The van der Waals surface area contributed by atoms with Gasteiger partial charge in [-0.1, -0.05) is 36.7 Å². The smallest absolute Gasteiger partial charge is 0.350 e. The molecule has 0 atom stereocenters. The highest BCUT2D eigenvalue weighted by molar-refractivity contribution is 7.37. The number of rotatable bonds is 6. The molecule has 0 amide bonds. The van der Waals surface area contributed by atoms with Crippen molar-refractivity contribution >= 4 is 108 Å². The Labute approximate surface area is 281 Å². The van der Waals surface area contributed by atoms with E-state index in [4.69, 9.17) is 31.8 Å². The monoisotopic (exact) mass is 696 g/mol. The second-order valence-electron chi connectivity index (χ2n) is 10.2. The minimum Gasteiger partial charge on any atom is -0.495 e. The summed E-state index contributed by atoms with van der Waals surface area (Å²) in [4.78, 5) is 18.2. The van der Waals surface area contributed by atoms with Gasteiger partial charge in [-0.15, -0.1) is 56.7 Å². The first-order valence-corrected chi connectivity index (χ1v) is 17.9. The molecule has 0 radical (unpaired) electrons. The van der Waals surface area contributed by atoms with E-state index >= 15 is 0 Å². The number of hydrogen-bond acceptors (Lipinski definition) is 13. The lowest BCUT2D eigenvalue weighted by atomic mass is 9.84. The van der Waals surface area contributed by atoms with E-state index in [1.54, 1.807) is 49.0 Å². The fourth-order valence-corrected chi connectivity index (χ4v) is 13.7. The molecule has 14 heteroatoms. The van der Waals surface area contributed by atoms with Crippen LogP contribution in [0.5, 0.6) is 11.5 Å². The summed E-state index contributed by atoms with van der Waals surface area (Å²) in [6.45, 7) is 11.7. The van der Waals surface area contributed by atoms with Crippen molar-refractivity contribution in [2.45, 2.75) is 19.3 Å². The summed E-state index contributed by atoms with van der Waals surface area (Å²) in [6.07, 6.45) is 0. The van der Waals surface area contributed by atoms with Crippen LogP contribution in [0.1, 0.15) is 25.0 Å². The van der Waals surface area contributed by atoms with Crippen molar-refractivity contribution in [2.24, 2.45) is 9.98 Å². The average molecular weight is 697 g/mol. The van der Waals surface area contributed by atoms with E-state index in [-0.39, 0.29) is 17.0 Å². The number of hydrogen-bond donors (Lipinski definition) is 0. The molecule has 0 unspecified atom stereocenters. The number of ether oxygens (including phenoxy) is 2. The van der Waals surface area contributed by atoms with E-state index in [1.807, 2.05) is 40.9 Å². The van der Waals surface area contributed by atoms with Crippen molar-refractivity contribution < 1.29 is 9.47 Å². The van der Waals surface area contributed by atoms with Gasteiger partial charge in [0.2, 0.25) is 10.7 Å². The fourth-order valence-electron chi connectivity index (χ4n) is 5.43. The van der Waals surface area contributed by atoms with Gasteiger partial charge in [0.05, 0.1) is 52.9 Å². The highest BCUT2D eigenvalue weighted by atomic mass is 32.1. The lowest BCUT2D eigenvalue weighted by Gasteiger charge is -2.20. The maximum atomic E-state index is 9.15. The number of fused-ring (bicyclic) bond motifs is 7. The molecule has 6 aromatic rings. The molecule has 0 saturated carbocycles. The highest BCUT2D eigenvalue weighted by Gasteiger charge is 2.43. The summed E-state index contributed by atoms with van der Waals surface area (Å²) < 4.78 is 16.3. The fraction of sp³-hybridized carbons (Fsp3) is 0.161. The molecular weight excluding hydrogens is 681 g/mol. The van der Waals surface area contributed by atoms with Gasteiger partial charge in [0.1, 0.15) is 34.7 Å². The third kappa shape index (κ3) is 4.50. The number of thiophene rings is 6. The number of nitriles is 3. The molecule has 0 aliphatic heterocycles. The first kappa shape index (κ1) is 29.3. The molecule has 0 aromatic carbocycles. The third-order valence-electron chi connectivity index (χ3n) is 7.30. The minimum absolute atomic E-state index is 0.189. The largest absolute Gasteiger partial charge is 0.495 e. The summed E-state index contributed by atoms with van der Waals surface area (Å²) in [5.41, 5.74) is 2.28. The molecule has 7 rings (SSSR count). The van der Waals surface area contributed by atoms with E-state index in [9.17, 15) is 0 Å². The number of aliphatic imine (C=N–C) groups is 2. The van der Waals surface area contributed by atoms with Gasteiger partial charge in [0, 0.05) is 26.9 Å². The topological polar surface area (TPSA) is 119 Å². The zero-order valence-corrected chi connectivity index (χ0v) is 28.7. The van der Waals surface area contributed by atoms with Crippen molar-refractivity contribution in [2.75, 3.05) is 14.2 Å². The average Bonchev–Trinajstić information content (AvgIpc) is 3.86. The van der Waals surface area contributed by atoms with Gasteiger partial charge in [-0.05, 0) is 23.3 Å². The summed E-state index contributed by atoms with van der Waals surface area (Å²) in [5.74, 6) is 1.14. The molecule has 1 aliphatic rings. The van der Waals surface area contributed by atoms with Gasteiger partial charge in [-0.3, -0.25) is 0 Å². The van der Waals surface area contributed by atoms with Crippen molar-refractivity contribution in [1.29, 1.82) is 15.8 Å². The molecule has 0 bridgehead atoms. The Hall–Kier alpha value is -4.38. The first-order chi connectivity index (χ1) is 21.7. The van der Waals surface area contributed by atoms with E-state index < -0.39 is 0 Å². The van der Waals surface area contributed by atoms with Gasteiger partial charge < -0.3 is 14.3 Å². The SMILES string of the molecule is [C-]#[N+]C(C#N)=Nc1cc(OC)c(-c2cc3sc4c(c3s2)C(C)(C)c2c-4sc3cc(-c4sc(N=C(C#N)C#N)cc4OC)sc23)s1. The van der Waals surface area contributed by atoms with Gasteiger partial charge in [-0.2, -0.15) is 10.5 Å². The molecule has 45 heavy (non-hydrogen) atoms. The highest BCUT2D eigenvalue weighted by Crippen LogP contribution is 2.64. The van der Waals surface area contributed by atoms with Crippen LogP contribution in [-0.4, -0.2) is 25.8 Å². The maximum Gasteiger partial charge on any atom is 0.350 e. The Balaban J connectivity index is 1.30. The Bertz CT molecular complexity index is 2250. The molecule has 218 valence electrons. The van der Waals surface area contributed by atoms with Crippen molar-refractivity contribution in [3.8, 4) is 59.0 Å². The van der Waals surface area contributed by atoms with E-state index in [0.717, 1.165) is 19.5 Å². The van der Waals surface area contributed by atoms with Crippen LogP contribution in [0.15, 0.2) is 34.3 Å². The summed E-state index contributed by atoms with van der Waals surface area (Å²) in [5, 5.41) is 28.6. The van der Waals surface area contributed by atoms with Gasteiger partial charge in [0.15, 0.2) is 0 Å². The maximum absolute atomic E-state index is 9.15. The molecule has 1 aliphatic carbocycles. The quantitative estimate of drug-likeness (QED) is 0.0975. The van der Waals surface area contributed by atoms with Crippen LogP contribution in [-0.2, 0) is 5.41 Å². The summed E-state index contributed by atoms with van der Waals surface area (Å²) in [7, 11) is 3.23. The van der Waals surface area contributed by atoms with Crippen LogP contribution in [0.2, 0.25) is 0 Å². The van der Waals surface area contributed by atoms with Crippen LogP contribution in [0.3, 0.4) is 0 Å². The lowest BCUT2D eigenvalue weighted by Crippen LogP contribution is -2.14. The third-order valence-corrected chi connectivity index (χ3v) is 14.7. The Kier molecular flexibility index (Phi) is 7.11. The van der Waals surface area contributed by atoms with Crippen molar-refractivity contribution in [1.82, 2.24) is 0 Å². The van der Waals surface area contributed by atoms with Crippen molar-refractivity contribution in [3.05, 3.63) is 46.8 Å². The molecule has 6 heterocycles. The molecule has 0 saturated heterocycles. The normalized spacial score (nSPS) is 13.1. The zero-order valence-electron chi connectivity index (χ0n) is 23.8. The zero-order chi connectivity index (χ0) is 31.6. The molecule has 8 nitrogen and oxygen atoms in total. The Morgan fingerprint density at radius 3 is 1.62 bits per heavy atom. The molecule has 0 N–H and O–H groups in total. The number of nitrogens with zero attached hydrogens (tertiary/aromatic N) is 6. The van der Waals surface area contributed by atoms with Crippen molar-refractivity contribution in [3.63, 3.8) is 0 Å². The number of methoxy groups -OCH3 is 2. The van der Waals surface area contributed by atoms with Crippen LogP contribution < -0.4 is 9.47 Å². The predicted molar refractivity (Wildman–Crippen MR) is 188 cm³/mol. The second-order valence-corrected chi connectivity index (χ2v) is 16.4. The van der Waals surface area contributed by atoms with E-state index in [0.29, 0.717) is 21.5 Å². The molecule has 6 aromatic heterocycles. The van der Waals surface area contributed by atoms with Crippen LogP contribution in [0.4, 0.5) is 10.0 Å². The minimum atomic E-state index is -0.221. The van der Waals surface area contributed by atoms with Crippen LogP contribution >= 0.6 is 68.0 Å². The van der Waals surface area contributed by atoms with E-state index in [2.05, 4.69) is 40.8 Å². The Morgan fingerprint density at radius 2 is 1.20 bits per heavy atom. The molecule has 0 fully saturated rings. The summed E-state index contributed by atoms with van der Waals surface area (Å²) >= 11 is 9.92. The lowest BCUT2D eigenvalue weighted by molar-refractivity contribution is 0.418. The standard InChI is InChI=1S/C31H16N6O2S6/c1-31(2)23-27-18(8-16(40-27)25-14(38-4)6-21(44-25)36-13(10-32)11-33)42-29(23)30-24(31)28-19(43-30)9-17(41-28)26-15(39-5)7-22(45-26)37-20(12-34)35-3/h6-9H,1-2,4-5H3. The van der Waals surface area contributed by atoms with E-state index in [1.165, 1.54) is 62.4 Å². The Morgan fingerprint density at radius 1 is 0.711 bits per heavy atom. The number of amidine groups is 1. The summed E-state index contributed by atoms with van der Waals surface area (Å²) in [6, 6.07) is 13.4.